The maximum Gasteiger partial charge on any atom is 0.238 e. The zero-order valence-electron chi connectivity index (χ0n) is 11.9. The lowest BCUT2D eigenvalue weighted by Gasteiger charge is -2.23. The molecule has 1 unspecified atom stereocenters. The SMILES string of the molecule is Cc1c(OCC2CCCCO2)ccc(S(N)(=O)=O)c1C. The first-order valence-electron chi connectivity index (χ1n) is 6.77. The van der Waals surface area contributed by atoms with Crippen molar-refractivity contribution in [3.63, 3.8) is 0 Å². The fraction of sp³-hybridized carbons (Fsp3) is 0.571. The van der Waals surface area contributed by atoms with Gasteiger partial charge in [0.25, 0.3) is 0 Å². The fourth-order valence-corrected chi connectivity index (χ4v) is 3.19. The summed E-state index contributed by atoms with van der Waals surface area (Å²) in [6, 6.07) is 3.15. The van der Waals surface area contributed by atoms with Crippen LogP contribution in [0.3, 0.4) is 0 Å². The lowest BCUT2D eigenvalue weighted by molar-refractivity contribution is -0.0112. The summed E-state index contributed by atoms with van der Waals surface area (Å²) in [6.45, 7) is 4.85. The molecule has 0 amide bonds. The second-order valence-electron chi connectivity index (χ2n) is 5.16. The van der Waals surface area contributed by atoms with E-state index in [9.17, 15) is 8.42 Å². The van der Waals surface area contributed by atoms with Crippen LogP contribution < -0.4 is 9.88 Å². The Kier molecular flexibility index (Phi) is 4.67. The molecule has 0 radical (unpaired) electrons. The van der Waals surface area contributed by atoms with E-state index < -0.39 is 10.0 Å². The number of benzene rings is 1. The molecule has 1 aliphatic rings. The van der Waals surface area contributed by atoms with E-state index in [4.69, 9.17) is 14.6 Å². The molecule has 112 valence electrons. The number of nitrogens with two attached hydrogens (primary N) is 1. The van der Waals surface area contributed by atoms with Gasteiger partial charge in [-0.2, -0.15) is 0 Å². The molecule has 6 heteroatoms. The van der Waals surface area contributed by atoms with Crippen molar-refractivity contribution in [3.05, 3.63) is 23.3 Å². The molecular weight excluding hydrogens is 278 g/mol. The Hall–Kier alpha value is -1.11. The molecule has 0 saturated carbocycles. The van der Waals surface area contributed by atoms with E-state index in [1.165, 1.54) is 6.07 Å². The zero-order chi connectivity index (χ0) is 14.8. The van der Waals surface area contributed by atoms with E-state index in [0.29, 0.717) is 17.9 Å². The highest BCUT2D eigenvalue weighted by molar-refractivity contribution is 7.89. The van der Waals surface area contributed by atoms with Gasteiger partial charge in [-0.15, -0.1) is 0 Å². The lowest BCUT2D eigenvalue weighted by Crippen LogP contribution is -2.26. The quantitative estimate of drug-likeness (QED) is 0.921. The molecule has 0 bridgehead atoms. The van der Waals surface area contributed by atoms with Gasteiger partial charge >= 0.3 is 0 Å². The Morgan fingerprint density at radius 2 is 2.05 bits per heavy atom. The first kappa shape index (κ1) is 15.3. The van der Waals surface area contributed by atoms with Crippen molar-refractivity contribution in [3.8, 4) is 5.75 Å². The summed E-state index contributed by atoms with van der Waals surface area (Å²) in [5.74, 6) is 0.684. The van der Waals surface area contributed by atoms with Crippen molar-refractivity contribution in [2.24, 2.45) is 5.14 Å². The Balaban J connectivity index is 2.11. The summed E-state index contributed by atoms with van der Waals surface area (Å²) in [7, 11) is -3.69. The largest absolute Gasteiger partial charge is 0.491 e. The number of ether oxygens (including phenoxy) is 2. The van der Waals surface area contributed by atoms with Gasteiger partial charge in [-0.3, -0.25) is 0 Å². The van der Waals surface area contributed by atoms with Crippen molar-refractivity contribution in [1.82, 2.24) is 0 Å². The molecule has 1 atom stereocenters. The van der Waals surface area contributed by atoms with Crippen LogP contribution in [0.15, 0.2) is 17.0 Å². The summed E-state index contributed by atoms with van der Waals surface area (Å²) >= 11 is 0. The van der Waals surface area contributed by atoms with Crippen LogP contribution in [0.1, 0.15) is 30.4 Å². The lowest BCUT2D eigenvalue weighted by atomic mass is 10.1. The fourth-order valence-electron chi connectivity index (χ4n) is 2.36. The zero-order valence-corrected chi connectivity index (χ0v) is 12.7. The number of hydrogen-bond acceptors (Lipinski definition) is 4. The Bertz CT molecular complexity index is 577. The van der Waals surface area contributed by atoms with Crippen molar-refractivity contribution in [1.29, 1.82) is 0 Å². The Morgan fingerprint density at radius 1 is 1.30 bits per heavy atom. The molecule has 1 saturated heterocycles. The van der Waals surface area contributed by atoms with E-state index >= 15 is 0 Å². The molecule has 1 aromatic rings. The van der Waals surface area contributed by atoms with E-state index in [-0.39, 0.29) is 11.0 Å². The highest BCUT2D eigenvalue weighted by Crippen LogP contribution is 2.27. The molecule has 0 spiro atoms. The third-order valence-corrected chi connectivity index (χ3v) is 4.75. The second-order valence-corrected chi connectivity index (χ2v) is 6.69. The summed E-state index contributed by atoms with van der Waals surface area (Å²) in [5.41, 5.74) is 1.43. The molecule has 1 aromatic carbocycles. The van der Waals surface area contributed by atoms with Crippen LogP contribution in [0.25, 0.3) is 0 Å². The van der Waals surface area contributed by atoms with Gasteiger partial charge in [0, 0.05) is 6.61 Å². The molecule has 1 aliphatic heterocycles. The van der Waals surface area contributed by atoms with Crippen molar-refractivity contribution in [2.75, 3.05) is 13.2 Å². The van der Waals surface area contributed by atoms with Crippen molar-refractivity contribution >= 4 is 10.0 Å². The topological polar surface area (TPSA) is 78.6 Å². The van der Waals surface area contributed by atoms with Gasteiger partial charge in [0.2, 0.25) is 10.0 Å². The van der Waals surface area contributed by atoms with Crippen molar-refractivity contribution < 1.29 is 17.9 Å². The smallest absolute Gasteiger partial charge is 0.238 e. The van der Waals surface area contributed by atoms with Crippen LogP contribution in [-0.2, 0) is 14.8 Å². The minimum Gasteiger partial charge on any atom is -0.491 e. The van der Waals surface area contributed by atoms with Crippen molar-refractivity contribution in [2.45, 2.75) is 44.1 Å². The van der Waals surface area contributed by atoms with E-state index in [1.54, 1.807) is 13.0 Å². The third-order valence-electron chi connectivity index (χ3n) is 3.69. The maximum atomic E-state index is 11.4. The summed E-state index contributed by atoms with van der Waals surface area (Å²) in [4.78, 5) is 0.149. The van der Waals surface area contributed by atoms with E-state index in [2.05, 4.69) is 0 Å². The second kappa shape index (κ2) is 6.11. The van der Waals surface area contributed by atoms with Gasteiger partial charge < -0.3 is 9.47 Å². The van der Waals surface area contributed by atoms with Crippen LogP contribution >= 0.6 is 0 Å². The average molecular weight is 299 g/mol. The van der Waals surface area contributed by atoms with Gasteiger partial charge in [0.15, 0.2) is 0 Å². The monoisotopic (exact) mass is 299 g/mol. The number of sulfonamides is 1. The molecular formula is C14H21NO4S. The van der Waals surface area contributed by atoms with Gasteiger partial charge in [-0.05, 0) is 56.4 Å². The maximum absolute atomic E-state index is 11.4. The van der Waals surface area contributed by atoms with Gasteiger partial charge in [0.1, 0.15) is 12.4 Å². The summed E-state index contributed by atoms with van der Waals surface area (Å²) in [5, 5.41) is 5.18. The van der Waals surface area contributed by atoms with Crippen LogP contribution in [0.5, 0.6) is 5.75 Å². The molecule has 0 aromatic heterocycles. The predicted octanol–water partition coefficient (Wildman–Crippen LogP) is 1.90. The van der Waals surface area contributed by atoms with Gasteiger partial charge in [-0.25, -0.2) is 13.6 Å². The molecule has 2 N–H and O–H groups in total. The first-order valence-corrected chi connectivity index (χ1v) is 8.31. The van der Waals surface area contributed by atoms with Crippen LogP contribution in [0.2, 0.25) is 0 Å². The number of primary sulfonamides is 1. The molecule has 2 rings (SSSR count). The third kappa shape index (κ3) is 3.50. The van der Waals surface area contributed by atoms with Crippen LogP contribution in [0, 0.1) is 13.8 Å². The average Bonchev–Trinajstić information content (AvgIpc) is 2.40. The Labute approximate surface area is 120 Å². The summed E-state index contributed by atoms with van der Waals surface area (Å²) < 4.78 is 34.2. The standard InChI is InChI=1S/C14H21NO4S/c1-10-11(2)14(20(15,16)17)7-6-13(10)19-9-12-5-3-4-8-18-12/h6-7,12H,3-5,8-9H2,1-2H3,(H2,15,16,17). The first-order chi connectivity index (χ1) is 9.39. The molecule has 5 nitrogen and oxygen atoms in total. The molecule has 0 aliphatic carbocycles. The Morgan fingerprint density at radius 3 is 2.65 bits per heavy atom. The number of rotatable bonds is 4. The van der Waals surface area contributed by atoms with Crippen LogP contribution in [0.4, 0.5) is 0 Å². The molecule has 1 heterocycles. The molecule has 20 heavy (non-hydrogen) atoms. The highest BCUT2D eigenvalue weighted by Gasteiger charge is 2.18. The van der Waals surface area contributed by atoms with Gasteiger partial charge in [0.05, 0.1) is 11.0 Å². The molecule has 1 fully saturated rings. The summed E-state index contributed by atoms with van der Waals surface area (Å²) in [6.07, 6.45) is 3.41. The number of hydrogen-bond donors (Lipinski definition) is 1. The minimum atomic E-state index is -3.69. The predicted molar refractivity (Wildman–Crippen MR) is 76.4 cm³/mol. The van der Waals surface area contributed by atoms with Gasteiger partial charge in [-0.1, -0.05) is 0 Å². The minimum absolute atomic E-state index is 0.126. The van der Waals surface area contributed by atoms with Crippen LogP contribution in [-0.4, -0.2) is 27.7 Å². The highest BCUT2D eigenvalue weighted by atomic mass is 32.2. The van der Waals surface area contributed by atoms with E-state index in [1.807, 2.05) is 6.92 Å². The normalized spacial score (nSPS) is 19.9. The van der Waals surface area contributed by atoms with E-state index in [0.717, 1.165) is 31.4 Å².